The minimum absolute atomic E-state index is 0.209. The number of nitrogens with one attached hydrogen (secondary N) is 1. The Morgan fingerprint density at radius 2 is 2.03 bits per heavy atom. The molecule has 6 nitrogen and oxygen atoms in total. The molecular weight excluding hydrogens is 457 g/mol. The van der Waals surface area contributed by atoms with E-state index in [1.54, 1.807) is 36.4 Å². The fourth-order valence-corrected chi connectivity index (χ4v) is 4.18. The van der Waals surface area contributed by atoms with Crippen LogP contribution in [0.1, 0.15) is 5.56 Å². The van der Waals surface area contributed by atoms with Crippen molar-refractivity contribution in [3.05, 3.63) is 50.8 Å². The maximum absolute atomic E-state index is 12.0. The van der Waals surface area contributed by atoms with Gasteiger partial charge in [0.15, 0.2) is 18.1 Å². The summed E-state index contributed by atoms with van der Waals surface area (Å²) in [6.07, 6.45) is 1.65. The molecule has 1 aliphatic rings. The summed E-state index contributed by atoms with van der Waals surface area (Å²) in [5.41, 5.74) is 1.67. The topological polar surface area (TPSA) is 84.9 Å². The van der Waals surface area contributed by atoms with E-state index in [-0.39, 0.29) is 17.4 Å². The van der Waals surface area contributed by atoms with Gasteiger partial charge in [-0.1, -0.05) is 53.2 Å². The number of methoxy groups -OCH3 is 1. The SMILES string of the molecule is COc1cc(/C=C2\SC(=S)NC2=O)cc(-c2ccc(Cl)cc2Cl)c1OCC(=O)O. The minimum Gasteiger partial charge on any atom is -0.493 e. The van der Waals surface area contributed by atoms with Gasteiger partial charge >= 0.3 is 5.97 Å². The molecule has 0 aliphatic carbocycles. The van der Waals surface area contributed by atoms with Crippen LogP contribution in [0.4, 0.5) is 0 Å². The molecule has 29 heavy (non-hydrogen) atoms. The highest BCUT2D eigenvalue weighted by Crippen LogP contribution is 2.43. The Labute approximate surface area is 185 Å². The zero-order chi connectivity index (χ0) is 21.1. The number of carbonyl (C=O) groups excluding carboxylic acids is 1. The molecule has 0 spiro atoms. The first-order valence-electron chi connectivity index (χ1n) is 8.05. The molecule has 3 rings (SSSR count). The predicted octanol–water partition coefficient (Wildman–Crippen LogP) is 4.62. The third-order valence-electron chi connectivity index (χ3n) is 3.80. The molecule has 1 amide bonds. The van der Waals surface area contributed by atoms with Gasteiger partial charge in [0, 0.05) is 16.1 Å². The second kappa shape index (κ2) is 9.04. The van der Waals surface area contributed by atoms with Crippen molar-refractivity contribution < 1.29 is 24.2 Å². The Hall–Kier alpha value is -2.26. The largest absolute Gasteiger partial charge is 0.493 e. The second-order valence-electron chi connectivity index (χ2n) is 5.76. The van der Waals surface area contributed by atoms with Crippen molar-refractivity contribution in [1.82, 2.24) is 5.32 Å². The molecule has 1 aliphatic heterocycles. The van der Waals surface area contributed by atoms with Crippen molar-refractivity contribution in [2.24, 2.45) is 0 Å². The number of benzene rings is 2. The van der Waals surface area contributed by atoms with E-state index in [9.17, 15) is 9.59 Å². The minimum atomic E-state index is -1.14. The van der Waals surface area contributed by atoms with E-state index >= 15 is 0 Å². The molecule has 2 N–H and O–H groups in total. The highest BCUT2D eigenvalue weighted by molar-refractivity contribution is 8.26. The number of hydrogen-bond acceptors (Lipinski definition) is 6. The Morgan fingerprint density at radius 3 is 2.62 bits per heavy atom. The number of carboxylic acid groups (broad SMARTS) is 1. The van der Waals surface area contributed by atoms with E-state index in [4.69, 9.17) is 50.0 Å². The molecule has 0 unspecified atom stereocenters. The van der Waals surface area contributed by atoms with Gasteiger partial charge in [0.25, 0.3) is 5.91 Å². The highest BCUT2D eigenvalue weighted by Gasteiger charge is 2.23. The van der Waals surface area contributed by atoms with Crippen LogP contribution in [0.15, 0.2) is 35.2 Å². The average molecular weight is 470 g/mol. The Balaban J connectivity index is 2.18. The zero-order valence-electron chi connectivity index (χ0n) is 14.8. The van der Waals surface area contributed by atoms with Crippen molar-refractivity contribution in [3.63, 3.8) is 0 Å². The van der Waals surface area contributed by atoms with Gasteiger partial charge in [0.2, 0.25) is 0 Å². The van der Waals surface area contributed by atoms with E-state index in [1.807, 2.05) is 0 Å². The number of hydrogen-bond donors (Lipinski definition) is 2. The number of amides is 1. The molecule has 0 aromatic heterocycles. The first-order chi connectivity index (χ1) is 13.8. The van der Waals surface area contributed by atoms with Crippen molar-refractivity contribution in [2.75, 3.05) is 13.7 Å². The van der Waals surface area contributed by atoms with Crippen LogP contribution in [0.5, 0.6) is 11.5 Å². The molecule has 10 heteroatoms. The lowest BCUT2D eigenvalue weighted by molar-refractivity contribution is -0.139. The van der Waals surface area contributed by atoms with E-state index in [2.05, 4.69) is 5.32 Å². The summed E-state index contributed by atoms with van der Waals surface area (Å²) in [5, 5.41) is 12.4. The average Bonchev–Trinajstić information content (AvgIpc) is 2.96. The molecule has 0 saturated carbocycles. The predicted molar refractivity (Wildman–Crippen MR) is 118 cm³/mol. The van der Waals surface area contributed by atoms with E-state index in [1.165, 1.54) is 7.11 Å². The van der Waals surface area contributed by atoms with E-state index < -0.39 is 12.6 Å². The van der Waals surface area contributed by atoms with Crippen molar-refractivity contribution in [1.29, 1.82) is 0 Å². The first-order valence-corrected chi connectivity index (χ1v) is 10.0. The van der Waals surface area contributed by atoms with Gasteiger partial charge in [0.1, 0.15) is 4.32 Å². The standard InChI is InChI=1S/C19H13Cl2NO5S2/c1-26-14-5-9(6-15-18(25)22-19(28)29-15)4-12(17(14)27-8-16(23)24)11-3-2-10(20)7-13(11)21/h2-7H,8H2,1H3,(H,23,24)(H,22,25,28)/b15-6-. The summed E-state index contributed by atoms with van der Waals surface area (Å²) in [5.74, 6) is -0.942. The quantitative estimate of drug-likeness (QED) is 0.471. The Bertz CT molecular complexity index is 1060. The van der Waals surface area contributed by atoms with Crippen LogP contribution >= 0.6 is 47.2 Å². The molecule has 1 saturated heterocycles. The van der Waals surface area contributed by atoms with Crippen LogP contribution in [-0.2, 0) is 9.59 Å². The number of rotatable bonds is 6. The van der Waals surface area contributed by atoms with Gasteiger partial charge in [-0.15, -0.1) is 0 Å². The van der Waals surface area contributed by atoms with Crippen molar-refractivity contribution in [3.8, 4) is 22.6 Å². The Morgan fingerprint density at radius 1 is 1.28 bits per heavy atom. The van der Waals surface area contributed by atoms with Crippen LogP contribution in [0.2, 0.25) is 10.0 Å². The summed E-state index contributed by atoms with van der Waals surface area (Å²) in [4.78, 5) is 23.4. The summed E-state index contributed by atoms with van der Waals surface area (Å²) in [6, 6.07) is 8.26. The molecule has 0 bridgehead atoms. The number of thiocarbonyl (C=S) groups is 1. The van der Waals surface area contributed by atoms with Crippen molar-refractivity contribution >= 4 is 69.5 Å². The van der Waals surface area contributed by atoms with E-state index in [0.29, 0.717) is 36.0 Å². The lowest BCUT2D eigenvalue weighted by Gasteiger charge is -2.17. The van der Waals surface area contributed by atoms with Gasteiger partial charge < -0.3 is 19.9 Å². The van der Waals surface area contributed by atoms with Crippen LogP contribution < -0.4 is 14.8 Å². The molecule has 2 aromatic rings. The molecular formula is C19H13Cl2NO5S2. The van der Waals surface area contributed by atoms with Crippen LogP contribution in [0, 0.1) is 0 Å². The van der Waals surface area contributed by atoms with Crippen LogP contribution in [0.3, 0.4) is 0 Å². The maximum atomic E-state index is 12.0. The molecule has 150 valence electrons. The molecule has 0 radical (unpaired) electrons. The lowest BCUT2D eigenvalue weighted by Crippen LogP contribution is -2.17. The number of ether oxygens (including phenoxy) is 2. The molecule has 1 fully saturated rings. The lowest BCUT2D eigenvalue weighted by atomic mass is 10.0. The summed E-state index contributed by atoms with van der Waals surface area (Å²) in [6.45, 7) is -0.568. The van der Waals surface area contributed by atoms with Gasteiger partial charge in [-0.2, -0.15) is 0 Å². The summed E-state index contributed by atoms with van der Waals surface area (Å²) in [7, 11) is 1.43. The maximum Gasteiger partial charge on any atom is 0.341 e. The fraction of sp³-hybridized carbons (Fsp3) is 0.105. The summed E-state index contributed by atoms with van der Waals surface area (Å²) < 4.78 is 11.3. The third kappa shape index (κ3) is 5.02. The second-order valence-corrected chi connectivity index (χ2v) is 8.32. The number of thioether (sulfide) groups is 1. The fourth-order valence-electron chi connectivity index (χ4n) is 2.62. The van der Waals surface area contributed by atoms with Gasteiger partial charge in [-0.3, -0.25) is 4.79 Å². The van der Waals surface area contributed by atoms with E-state index in [0.717, 1.165) is 11.8 Å². The number of carbonyl (C=O) groups is 2. The molecule has 1 heterocycles. The third-order valence-corrected chi connectivity index (χ3v) is 5.51. The number of aliphatic carboxylic acids is 1. The Kier molecular flexibility index (Phi) is 6.69. The summed E-state index contributed by atoms with van der Waals surface area (Å²) >= 11 is 18.5. The van der Waals surface area contributed by atoms with Crippen LogP contribution in [0.25, 0.3) is 17.2 Å². The number of carboxylic acids is 1. The van der Waals surface area contributed by atoms with Gasteiger partial charge in [0.05, 0.1) is 17.0 Å². The van der Waals surface area contributed by atoms with Gasteiger partial charge in [-0.25, -0.2) is 4.79 Å². The monoisotopic (exact) mass is 469 g/mol. The number of halogens is 2. The van der Waals surface area contributed by atoms with Crippen LogP contribution in [-0.4, -0.2) is 35.0 Å². The smallest absolute Gasteiger partial charge is 0.341 e. The molecule has 0 atom stereocenters. The van der Waals surface area contributed by atoms with Crippen molar-refractivity contribution in [2.45, 2.75) is 0 Å². The molecule has 2 aromatic carbocycles. The highest BCUT2D eigenvalue weighted by atomic mass is 35.5. The normalized spacial score (nSPS) is 14.8. The zero-order valence-corrected chi connectivity index (χ0v) is 18.0. The first kappa shape index (κ1) is 21.4. The van der Waals surface area contributed by atoms with Gasteiger partial charge in [-0.05, 0) is 35.9 Å².